The Kier molecular flexibility index (Phi) is 9.07. The van der Waals surface area contributed by atoms with Crippen LogP contribution < -0.4 is 0 Å². The van der Waals surface area contributed by atoms with E-state index in [0.717, 1.165) is 29.3 Å². The molecule has 1 unspecified atom stereocenters. The molecule has 4 heteroatoms. The van der Waals surface area contributed by atoms with Gasteiger partial charge in [-0.05, 0) is 58.3 Å². The van der Waals surface area contributed by atoms with E-state index in [1.807, 2.05) is 20.8 Å². The first-order chi connectivity index (χ1) is 10.5. The molecule has 1 atom stereocenters. The van der Waals surface area contributed by atoms with Gasteiger partial charge >= 0.3 is 5.97 Å². The predicted molar refractivity (Wildman–Crippen MR) is 101 cm³/mol. The van der Waals surface area contributed by atoms with E-state index in [2.05, 4.69) is 46.8 Å². The summed E-state index contributed by atoms with van der Waals surface area (Å²) in [5.74, 6) is -0.255. The lowest BCUT2D eigenvalue weighted by atomic mass is 10.0. The fourth-order valence-corrected chi connectivity index (χ4v) is 5.99. The van der Waals surface area contributed by atoms with E-state index in [-0.39, 0.29) is 17.7 Å². The number of esters is 1. The van der Waals surface area contributed by atoms with E-state index in [4.69, 9.17) is 9.16 Å². The summed E-state index contributed by atoms with van der Waals surface area (Å²) in [4.78, 5) is 11.2. The molecule has 0 saturated carbocycles. The van der Waals surface area contributed by atoms with Crippen molar-refractivity contribution in [3.63, 3.8) is 0 Å². The minimum Gasteiger partial charge on any atom is -0.458 e. The maximum atomic E-state index is 11.2. The van der Waals surface area contributed by atoms with E-state index >= 15 is 0 Å². The molecule has 3 nitrogen and oxygen atoms in total. The van der Waals surface area contributed by atoms with Gasteiger partial charge in [0.2, 0.25) is 0 Å². The number of hydrogen-bond donors (Lipinski definition) is 0. The summed E-state index contributed by atoms with van der Waals surface area (Å²) in [5.41, 5.74) is 1.87. The fraction of sp³-hybridized carbons (Fsp3) is 0.737. The van der Waals surface area contributed by atoms with Crippen molar-refractivity contribution in [3.05, 3.63) is 23.3 Å². The summed E-state index contributed by atoms with van der Waals surface area (Å²) >= 11 is 0. The van der Waals surface area contributed by atoms with Gasteiger partial charge in [0.15, 0.2) is 8.32 Å². The highest BCUT2D eigenvalue weighted by Crippen LogP contribution is 2.29. The van der Waals surface area contributed by atoms with Crippen LogP contribution in [0, 0.1) is 0 Å². The molecule has 0 aliphatic heterocycles. The van der Waals surface area contributed by atoms with Gasteiger partial charge in [-0.25, -0.2) is 0 Å². The van der Waals surface area contributed by atoms with Crippen molar-refractivity contribution in [1.82, 2.24) is 0 Å². The monoisotopic (exact) mass is 340 g/mol. The van der Waals surface area contributed by atoms with Crippen molar-refractivity contribution in [1.29, 1.82) is 0 Å². The highest BCUT2D eigenvalue weighted by molar-refractivity contribution is 6.73. The molecular weight excluding hydrogens is 304 g/mol. The first-order valence-corrected chi connectivity index (χ1v) is 11.3. The Balaban J connectivity index is 5.28. The van der Waals surface area contributed by atoms with E-state index < -0.39 is 8.32 Å². The van der Waals surface area contributed by atoms with Gasteiger partial charge in [-0.3, -0.25) is 4.79 Å². The molecule has 0 aromatic heterocycles. The topological polar surface area (TPSA) is 35.5 Å². The number of hydrogen-bond acceptors (Lipinski definition) is 3. The van der Waals surface area contributed by atoms with Gasteiger partial charge in [0.05, 0.1) is 5.60 Å². The summed E-state index contributed by atoms with van der Waals surface area (Å²) in [6.45, 7) is 18.4. The second-order valence-electron chi connectivity index (χ2n) is 6.99. The largest absolute Gasteiger partial charge is 0.458 e. The molecule has 0 aliphatic rings. The normalized spacial score (nSPS) is 14.0. The van der Waals surface area contributed by atoms with Crippen LogP contribution in [0.3, 0.4) is 0 Å². The summed E-state index contributed by atoms with van der Waals surface area (Å²) in [7, 11) is -1.66. The van der Waals surface area contributed by atoms with Gasteiger partial charge in [-0.15, -0.1) is 0 Å². The summed E-state index contributed by atoms with van der Waals surface area (Å²) in [6.07, 6.45) is 3.93. The van der Waals surface area contributed by atoms with Crippen molar-refractivity contribution in [2.75, 3.05) is 0 Å². The van der Waals surface area contributed by atoms with Crippen LogP contribution in [0.5, 0.6) is 0 Å². The zero-order valence-corrected chi connectivity index (χ0v) is 17.6. The second-order valence-corrected chi connectivity index (χ2v) is 11.7. The van der Waals surface area contributed by atoms with Gasteiger partial charge in [0.1, 0.15) is 6.10 Å². The molecule has 0 radical (unpaired) electrons. The number of carbonyl (C=O) groups is 1. The zero-order valence-electron chi connectivity index (χ0n) is 16.6. The molecule has 0 saturated heterocycles. The first kappa shape index (κ1) is 22.1. The lowest BCUT2D eigenvalue weighted by Gasteiger charge is -2.36. The molecule has 0 bridgehead atoms. The van der Waals surface area contributed by atoms with E-state index in [0.29, 0.717) is 0 Å². The Morgan fingerprint density at radius 1 is 1.09 bits per heavy atom. The number of carbonyl (C=O) groups excluding carboxylic acids is 1. The third kappa shape index (κ3) is 7.49. The standard InChI is InChI=1S/C19H36O3Si/c1-10-23(11-2,12-3)22-19(8,9)14-13-18(15(4)5)16(6)21-17(7)20/h13-14,16H,10-12H2,1-9H3/b14-13-. The minimum atomic E-state index is -1.66. The minimum absolute atomic E-state index is 0.241. The van der Waals surface area contributed by atoms with Crippen molar-refractivity contribution < 1.29 is 14.0 Å². The molecule has 134 valence electrons. The average Bonchev–Trinajstić information content (AvgIpc) is 2.43. The quantitative estimate of drug-likeness (QED) is 0.310. The SMILES string of the molecule is CC[Si](CC)(CC)OC(C)(C)/C=C\C(=C(C)C)C(C)OC(C)=O. The van der Waals surface area contributed by atoms with Gasteiger partial charge in [-0.2, -0.15) is 0 Å². The zero-order chi connectivity index (χ0) is 18.3. The van der Waals surface area contributed by atoms with Crippen molar-refractivity contribution in [2.24, 2.45) is 0 Å². The predicted octanol–water partition coefficient (Wildman–Crippen LogP) is 5.63. The molecule has 0 aliphatic carbocycles. The van der Waals surface area contributed by atoms with Crippen LogP contribution in [0.25, 0.3) is 0 Å². The molecule has 0 N–H and O–H groups in total. The third-order valence-electron chi connectivity index (χ3n) is 4.43. The van der Waals surface area contributed by atoms with Gasteiger partial charge in [0, 0.05) is 6.92 Å². The highest BCUT2D eigenvalue weighted by atomic mass is 28.4. The molecule has 0 aromatic carbocycles. The Bertz CT molecular complexity index is 433. The van der Waals surface area contributed by atoms with Crippen LogP contribution in [0.1, 0.15) is 62.3 Å². The summed E-state index contributed by atoms with van der Waals surface area (Å²) in [5, 5.41) is 0. The molecule has 0 amide bonds. The molecule has 0 rings (SSSR count). The van der Waals surface area contributed by atoms with Gasteiger partial charge < -0.3 is 9.16 Å². The Labute approximate surface area is 144 Å². The van der Waals surface area contributed by atoms with E-state index in [1.165, 1.54) is 6.92 Å². The first-order valence-electron chi connectivity index (χ1n) is 8.76. The average molecular weight is 341 g/mol. The molecule has 23 heavy (non-hydrogen) atoms. The lowest BCUT2D eigenvalue weighted by Crippen LogP contribution is -2.43. The van der Waals surface area contributed by atoms with Gasteiger partial charge in [-0.1, -0.05) is 38.5 Å². The van der Waals surface area contributed by atoms with E-state index in [9.17, 15) is 4.79 Å². The van der Waals surface area contributed by atoms with Crippen molar-refractivity contribution >= 4 is 14.3 Å². The number of ether oxygens (including phenoxy) is 1. The van der Waals surface area contributed by atoms with Crippen molar-refractivity contribution in [2.45, 2.75) is 92.2 Å². The molecule has 0 spiro atoms. The van der Waals surface area contributed by atoms with Crippen LogP contribution in [0.4, 0.5) is 0 Å². The molecule has 0 fully saturated rings. The third-order valence-corrected chi connectivity index (χ3v) is 9.26. The smallest absolute Gasteiger partial charge is 0.303 e. The van der Waals surface area contributed by atoms with E-state index in [1.54, 1.807) is 0 Å². The maximum absolute atomic E-state index is 11.2. The number of rotatable bonds is 9. The van der Waals surface area contributed by atoms with Crippen LogP contribution >= 0.6 is 0 Å². The highest BCUT2D eigenvalue weighted by Gasteiger charge is 2.34. The van der Waals surface area contributed by atoms with Gasteiger partial charge in [0.25, 0.3) is 0 Å². The van der Waals surface area contributed by atoms with Crippen LogP contribution in [-0.2, 0) is 14.0 Å². The van der Waals surface area contributed by atoms with Crippen LogP contribution in [0.2, 0.25) is 18.1 Å². The maximum Gasteiger partial charge on any atom is 0.303 e. The van der Waals surface area contributed by atoms with Crippen LogP contribution in [0.15, 0.2) is 23.3 Å². The molecule has 0 heterocycles. The molecule has 0 aromatic rings. The summed E-state index contributed by atoms with van der Waals surface area (Å²) in [6, 6.07) is 3.41. The summed E-state index contributed by atoms with van der Waals surface area (Å²) < 4.78 is 11.9. The number of allylic oxidation sites excluding steroid dienone is 1. The fourth-order valence-electron chi connectivity index (χ4n) is 2.87. The Hall–Kier alpha value is -0.873. The Morgan fingerprint density at radius 2 is 1.57 bits per heavy atom. The Morgan fingerprint density at radius 3 is 1.91 bits per heavy atom. The van der Waals surface area contributed by atoms with Crippen molar-refractivity contribution in [3.8, 4) is 0 Å². The second kappa shape index (κ2) is 9.43. The molecular formula is C19H36O3Si. The van der Waals surface area contributed by atoms with Crippen LogP contribution in [-0.4, -0.2) is 26.0 Å². The lowest BCUT2D eigenvalue weighted by molar-refractivity contribution is -0.143.